The molecule has 1 radical (unpaired) electrons. The summed E-state index contributed by atoms with van der Waals surface area (Å²) < 4.78 is 0. The van der Waals surface area contributed by atoms with E-state index in [2.05, 4.69) is 43.7 Å². The number of hydrogen-bond acceptors (Lipinski definition) is 5. The minimum atomic E-state index is 0.738. The first-order chi connectivity index (χ1) is 10.8. The molecule has 0 amide bonds. The molecule has 0 atom stereocenters. The van der Waals surface area contributed by atoms with Gasteiger partial charge in [0.05, 0.1) is 12.4 Å². The maximum Gasteiger partial charge on any atom is 0.284 e. The molecule has 4 rings (SSSR count). The highest BCUT2D eigenvalue weighted by atomic mass is 15.4. The van der Waals surface area contributed by atoms with Crippen molar-refractivity contribution in [1.29, 1.82) is 0 Å². The first kappa shape index (κ1) is 12.8. The molecule has 2 aliphatic rings. The number of benzene rings is 1. The fraction of sp³-hybridized carbons (Fsp3) is 0.125. The van der Waals surface area contributed by atoms with E-state index >= 15 is 0 Å². The number of para-hydroxylation sites is 1. The minimum Gasteiger partial charge on any atom is -0.329 e. The SMILES string of the molecule is Cc1cc(NC2=CN(c3ccccc3)CC3=NC=C[N+]23)n[nH]1. The third-order valence-electron chi connectivity index (χ3n) is 3.62. The molecule has 22 heavy (non-hydrogen) atoms. The smallest absolute Gasteiger partial charge is 0.284 e. The van der Waals surface area contributed by atoms with Gasteiger partial charge >= 0.3 is 0 Å². The van der Waals surface area contributed by atoms with E-state index in [-0.39, 0.29) is 0 Å². The summed E-state index contributed by atoms with van der Waals surface area (Å²) >= 11 is 0. The Morgan fingerprint density at radius 3 is 2.91 bits per heavy atom. The van der Waals surface area contributed by atoms with Crippen LogP contribution >= 0.6 is 0 Å². The number of aliphatic imine (C=N–C) groups is 1. The van der Waals surface area contributed by atoms with Gasteiger partial charge in [0.1, 0.15) is 6.54 Å². The number of nitrogens with one attached hydrogen (secondary N) is 2. The van der Waals surface area contributed by atoms with Crippen LogP contribution < -0.4 is 15.1 Å². The molecule has 109 valence electrons. The molecule has 0 fully saturated rings. The van der Waals surface area contributed by atoms with Crippen LogP contribution in [0, 0.1) is 6.92 Å². The van der Waals surface area contributed by atoms with Gasteiger partial charge in [-0.15, -0.1) is 0 Å². The van der Waals surface area contributed by atoms with Crippen molar-refractivity contribution >= 4 is 17.3 Å². The van der Waals surface area contributed by atoms with Crippen molar-refractivity contribution in [2.45, 2.75) is 6.92 Å². The average Bonchev–Trinajstić information content (AvgIpc) is 3.17. The highest BCUT2D eigenvalue weighted by Gasteiger charge is 2.37. The number of fused-ring (bicyclic) bond motifs is 1. The molecular weight excluding hydrogens is 276 g/mol. The lowest BCUT2D eigenvalue weighted by atomic mass is 10.2. The van der Waals surface area contributed by atoms with Crippen molar-refractivity contribution < 1.29 is 0 Å². The molecule has 1 aromatic heterocycles. The quantitative estimate of drug-likeness (QED) is 0.854. The first-order valence-electron chi connectivity index (χ1n) is 7.15. The molecule has 0 saturated heterocycles. The second-order valence-corrected chi connectivity index (χ2v) is 5.25. The predicted octanol–water partition coefficient (Wildman–Crippen LogP) is 2.47. The topological polar surface area (TPSA) is 62.2 Å². The maximum atomic E-state index is 4.44. The second kappa shape index (κ2) is 5.16. The number of aryl methyl sites for hydroxylation is 1. The number of amidine groups is 1. The van der Waals surface area contributed by atoms with Gasteiger partial charge in [-0.3, -0.25) is 10.4 Å². The Kier molecular flexibility index (Phi) is 3.01. The summed E-state index contributed by atoms with van der Waals surface area (Å²) in [6.07, 6.45) is 5.85. The maximum absolute atomic E-state index is 4.44. The second-order valence-electron chi connectivity index (χ2n) is 5.25. The molecule has 1 aromatic carbocycles. The van der Waals surface area contributed by atoms with Crippen molar-refractivity contribution in [1.82, 2.24) is 15.1 Å². The van der Waals surface area contributed by atoms with Gasteiger partial charge in [-0.25, -0.2) is 0 Å². The van der Waals surface area contributed by atoms with Gasteiger partial charge in [0.2, 0.25) is 0 Å². The summed E-state index contributed by atoms with van der Waals surface area (Å²) in [5.74, 6) is 2.70. The lowest BCUT2D eigenvalue weighted by Gasteiger charge is -2.25. The standard InChI is InChI=1S/C16H16N6/c1-12-9-14(20-19-12)18-16-11-21(13-5-3-2-4-6-13)10-15-17-7-8-22(15)16/h2-9,11H,10H2,1H3,(H2,18,19,20)/q+1. The van der Waals surface area contributed by atoms with Crippen LogP contribution in [0.3, 0.4) is 0 Å². The Morgan fingerprint density at radius 1 is 1.27 bits per heavy atom. The van der Waals surface area contributed by atoms with Gasteiger partial charge in [-0.2, -0.15) is 10.1 Å². The van der Waals surface area contributed by atoms with E-state index in [4.69, 9.17) is 0 Å². The predicted molar refractivity (Wildman–Crippen MR) is 87.5 cm³/mol. The van der Waals surface area contributed by atoms with Crippen molar-refractivity contribution in [3.05, 3.63) is 66.5 Å². The number of aromatic nitrogens is 2. The molecule has 0 aliphatic carbocycles. The highest BCUT2D eigenvalue weighted by Crippen LogP contribution is 2.23. The number of rotatable bonds is 3. The fourth-order valence-electron chi connectivity index (χ4n) is 2.57. The monoisotopic (exact) mass is 292 g/mol. The van der Waals surface area contributed by atoms with Crippen LogP contribution in [-0.2, 0) is 0 Å². The Labute approximate surface area is 128 Å². The Bertz CT molecular complexity index is 771. The van der Waals surface area contributed by atoms with Crippen molar-refractivity contribution in [2.24, 2.45) is 4.99 Å². The summed E-state index contributed by atoms with van der Waals surface area (Å²) in [5, 5.41) is 10.5. The largest absolute Gasteiger partial charge is 0.329 e. The summed E-state index contributed by atoms with van der Waals surface area (Å²) in [4.78, 5) is 8.66. The van der Waals surface area contributed by atoms with Crippen molar-refractivity contribution in [2.75, 3.05) is 16.8 Å². The summed E-state index contributed by atoms with van der Waals surface area (Å²) in [7, 11) is 0. The van der Waals surface area contributed by atoms with Crippen LogP contribution in [0.25, 0.3) is 0 Å². The van der Waals surface area contributed by atoms with Crippen molar-refractivity contribution in [3.63, 3.8) is 0 Å². The Hall–Kier alpha value is -2.86. The lowest BCUT2D eigenvalue weighted by molar-refractivity contribution is 0.815. The van der Waals surface area contributed by atoms with Crippen LogP contribution in [-0.4, -0.2) is 22.6 Å². The van der Waals surface area contributed by atoms with Gasteiger partial charge in [-0.1, -0.05) is 18.2 Å². The zero-order valence-corrected chi connectivity index (χ0v) is 12.2. The molecule has 0 saturated carbocycles. The van der Waals surface area contributed by atoms with Crippen LogP contribution in [0.2, 0.25) is 0 Å². The van der Waals surface area contributed by atoms with E-state index in [1.165, 1.54) is 0 Å². The van der Waals surface area contributed by atoms with Gasteiger partial charge in [0, 0.05) is 17.4 Å². The molecule has 6 heteroatoms. The summed E-state index contributed by atoms with van der Waals surface area (Å²) in [6, 6.07) is 12.2. The third kappa shape index (κ3) is 2.29. The lowest BCUT2D eigenvalue weighted by Crippen LogP contribution is -2.45. The molecule has 3 heterocycles. The van der Waals surface area contributed by atoms with E-state index in [9.17, 15) is 0 Å². The molecule has 0 spiro atoms. The number of hydrogen-bond donors (Lipinski definition) is 2. The number of anilines is 2. The fourth-order valence-corrected chi connectivity index (χ4v) is 2.57. The van der Waals surface area contributed by atoms with E-state index in [0.717, 1.165) is 35.4 Å². The summed E-state index contributed by atoms with van der Waals surface area (Å²) in [6.45, 7) is 2.72. The molecule has 0 unspecified atom stereocenters. The highest BCUT2D eigenvalue weighted by molar-refractivity contribution is 5.95. The van der Waals surface area contributed by atoms with Gasteiger partial charge in [-0.05, 0) is 24.0 Å². The van der Waals surface area contributed by atoms with E-state index in [1.54, 1.807) is 0 Å². The van der Waals surface area contributed by atoms with Crippen LogP contribution in [0.1, 0.15) is 5.69 Å². The van der Waals surface area contributed by atoms with Crippen LogP contribution in [0.15, 0.2) is 65.8 Å². The zero-order valence-electron chi connectivity index (χ0n) is 12.2. The van der Waals surface area contributed by atoms with Crippen molar-refractivity contribution in [3.8, 4) is 0 Å². The third-order valence-corrected chi connectivity index (χ3v) is 3.62. The molecule has 2 N–H and O–H groups in total. The van der Waals surface area contributed by atoms with E-state index < -0.39 is 0 Å². The van der Waals surface area contributed by atoms with Gasteiger partial charge < -0.3 is 4.90 Å². The molecule has 6 nitrogen and oxygen atoms in total. The molecule has 2 aromatic rings. The van der Waals surface area contributed by atoms with E-state index in [0.29, 0.717) is 0 Å². The van der Waals surface area contributed by atoms with Gasteiger partial charge in [0.25, 0.3) is 11.7 Å². The minimum absolute atomic E-state index is 0.738. The van der Waals surface area contributed by atoms with Crippen LogP contribution in [0.5, 0.6) is 0 Å². The van der Waals surface area contributed by atoms with Gasteiger partial charge in [0.15, 0.2) is 12.0 Å². The average molecular weight is 292 g/mol. The zero-order chi connectivity index (χ0) is 14.9. The number of aromatic amines is 1. The van der Waals surface area contributed by atoms with Crippen LogP contribution in [0.4, 0.5) is 11.5 Å². The molecule has 2 aliphatic heterocycles. The Morgan fingerprint density at radius 2 is 2.14 bits per heavy atom. The number of H-pyrrole nitrogens is 1. The molecule has 0 bridgehead atoms. The molecular formula is C16H16N6+. The van der Waals surface area contributed by atoms with E-state index in [1.807, 2.05) is 48.5 Å². The first-order valence-corrected chi connectivity index (χ1v) is 7.15. The normalized spacial score (nSPS) is 17.2. The summed E-state index contributed by atoms with van der Waals surface area (Å²) in [5.41, 5.74) is 2.15. The number of nitrogens with zero attached hydrogens (tertiary/aromatic N) is 4. The Balaban J connectivity index is 1.68.